The first-order valence-corrected chi connectivity index (χ1v) is 15.3. The predicted molar refractivity (Wildman–Crippen MR) is 156 cm³/mol. The van der Waals surface area contributed by atoms with Crippen molar-refractivity contribution in [2.24, 2.45) is 5.92 Å². The van der Waals surface area contributed by atoms with Crippen molar-refractivity contribution >= 4 is 55.9 Å². The van der Waals surface area contributed by atoms with E-state index in [9.17, 15) is 18.0 Å². The molecule has 1 aromatic carbocycles. The molecule has 2 N–H and O–H groups in total. The van der Waals surface area contributed by atoms with E-state index < -0.39 is 10.0 Å². The number of piperidine rings is 1. The minimum atomic E-state index is -3.89. The minimum absolute atomic E-state index is 0.00771. The molecule has 1 amide bonds. The zero-order chi connectivity index (χ0) is 27.7. The number of amides is 1. The standard InChI is InChI=1S/C26H28N6O4S3/c1-16-10-17(2)28-25(27-16)30-39(35,36)21-8-6-20(7-9-21)29-23(33)15-38-26(37)31-12-18-11-19(14-31)22-4-3-5-24(34)32(22)13-18/h3-10,18-19H,11-15H2,1-2H3,(H,29,33)(H,27,28,30)/t18-,19-/m1/s1. The molecular weight excluding hydrogens is 557 g/mol. The molecule has 0 aliphatic carbocycles. The van der Waals surface area contributed by atoms with Gasteiger partial charge in [-0.25, -0.2) is 23.1 Å². The van der Waals surface area contributed by atoms with Crippen LogP contribution in [0.2, 0.25) is 0 Å². The van der Waals surface area contributed by atoms with Crippen LogP contribution < -0.4 is 15.6 Å². The third-order valence-electron chi connectivity index (χ3n) is 6.72. The number of benzene rings is 1. The average Bonchev–Trinajstić information content (AvgIpc) is 2.87. The number of fused-ring (bicyclic) bond motifs is 4. The first kappa shape index (κ1) is 27.3. The Bertz CT molecular complexity index is 1570. The zero-order valence-corrected chi connectivity index (χ0v) is 23.9. The van der Waals surface area contributed by atoms with Gasteiger partial charge in [-0.1, -0.05) is 30.0 Å². The van der Waals surface area contributed by atoms with Crippen molar-refractivity contribution in [3.63, 3.8) is 0 Å². The van der Waals surface area contributed by atoms with Gasteiger partial charge in [0.15, 0.2) is 0 Å². The number of aromatic nitrogens is 3. The van der Waals surface area contributed by atoms with Crippen molar-refractivity contribution in [2.75, 3.05) is 28.9 Å². The van der Waals surface area contributed by atoms with E-state index >= 15 is 0 Å². The van der Waals surface area contributed by atoms with Crippen molar-refractivity contribution in [3.8, 4) is 0 Å². The second-order valence-corrected chi connectivity index (χ2v) is 13.1. The first-order valence-electron chi connectivity index (χ1n) is 12.4. The van der Waals surface area contributed by atoms with Crippen LogP contribution >= 0.6 is 24.0 Å². The van der Waals surface area contributed by atoms with E-state index in [0.717, 1.165) is 25.2 Å². The van der Waals surface area contributed by atoms with Gasteiger partial charge in [0, 0.05) is 54.4 Å². The molecule has 1 saturated heterocycles. The molecule has 39 heavy (non-hydrogen) atoms. The van der Waals surface area contributed by atoms with E-state index in [1.54, 1.807) is 26.0 Å². The van der Waals surface area contributed by atoms with Crippen LogP contribution in [0.5, 0.6) is 0 Å². The predicted octanol–water partition coefficient (Wildman–Crippen LogP) is 3.13. The lowest BCUT2D eigenvalue weighted by molar-refractivity contribution is -0.113. The second-order valence-electron chi connectivity index (χ2n) is 9.81. The molecule has 0 unspecified atom stereocenters. The number of thioether (sulfide) groups is 1. The number of carbonyl (C=O) groups excluding carboxylic acids is 1. The van der Waals surface area contributed by atoms with Crippen molar-refractivity contribution in [1.29, 1.82) is 0 Å². The van der Waals surface area contributed by atoms with Crippen LogP contribution in [0.15, 0.2) is 58.2 Å². The highest BCUT2D eigenvalue weighted by Crippen LogP contribution is 2.36. The number of carbonyl (C=O) groups is 1. The molecule has 4 heterocycles. The number of pyridine rings is 1. The molecule has 10 nitrogen and oxygen atoms in total. The summed E-state index contributed by atoms with van der Waals surface area (Å²) in [6, 6.07) is 13.1. The van der Waals surface area contributed by atoms with Crippen LogP contribution in [0, 0.1) is 19.8 Å². The summed E-state index contributed by atoms with van der Waals surface area (Å²) < 4.78 is 30.4. The lowest BCUT2D eigenvalue weighted by atomic mass is 9.83. The fourth-order valence-electron chi connectivity index (χ4n) is 5.13. The maximum atomic E-state index is 12.7. The Kier molecular flexibility index (Phi) is 7.74. The van der Waals surface area contributed by atoms with Crippen molar-refractivity contribution in [3.05, 3.63) is 76.0 Å². The molecule has 0 radical (unpaired) electrons. The highest BCUT2D eigenvalue weighted by atomic mass is 32.2. The molecular formula is C26H28N6O4S3. The van der Waals surface area contributed by atoms with E-state index in [2.05, 4.69) is 24.9 Å². The molecule has 2 aliphatic heterocycles. The normalized spacial score (nSPS) is 18.3. The minimum Gasteiger partial charge on any atom is -0.356 e. The van der Waals surface area contributed by atoms with Crippen LogP contribution in [0.25, 0.3) is 0 Å². The quantitative estimate of drug-likeness (QED) is 0.420. The molecule has 13 heteroatoms. The fraction of sp³-hybridized carbons (Fsp3) is 0.346. The number of rotatable bonds is 6. The highest BCUT2D eigenvalue weighted by molar-refractivity contribution is 8.23. The summed E-state index contributed by atoms with van der Waals surface area (Å²) in [6.45, 7) is 5.70. The van der Waals surface area contributed by atoms with Gasteiger partial charge in [-0.2, -0.15) is 0 Å². The molecule has 5 rings (SSSR count). The number of thiocarbonyl (C=S) groups is 1. The third-order valence-corrected chi connectivity index (χ3v) is 9.59. The maximum Gasteiger partial charge on any atom is 0.264 e. The van der Waals surface area contributed by atoms with Crippen molar-refractivity contribution in [2.45, 2.75) is 37.6 Å². The van der Waals surface area contributed by atoms with Crippen LogP contribution in [-0.2, 0) is 21.4 Å². The highest BCUT2D eigenvalue weighted by Gasteiger charge is 2.35. The Balaban J connectivity index is 1.14. The lowest BCUT2D eigenvalue weighted by Crippen LogP contribution is -2.48. The van der Waals surface area contributed by atoms with E-state index in [4.69, 9.17) is 12.2 Å². The molecule has 1 fully saturated rings. The van der Waals surface area contributed by atoms with E-state index in [1.807, 2.05) is 16.7 Å². The molecule has 2 aliphatic rings. The number of aryl methyl sites for hydroxylation is 2. The summed E-state index contributed by atoms with van der Waals surface area (Å²) in [5, 5.41) is 2.79. The van der Waals surface area contributed by atoms with Gasteiger partial charge in [-0.3, -0.25) is 9.59 Å². The summed E-state index contributed by atoms with van der Waals surface area (Å²) >= 11 is 6.94. The molecule has 204 valence electrons. The Morgan fingerprint density at radius 1 is 1.08 bits per heavy atom. The van der Waals surface area contributed by atoms with Crippen LogP contribution in [0.1, 0.15) is 29.4 Å². The largest absolute Gasteiger partial charge is 0.356 e. The number of nitrogens with one attached hydrogen (secondary N) is 2. The Labute approximate surface area is 236 Å². The molecule has 3 aromatic rings. The zero-order valence-electron chi connectivity index (χ0n) is 21.5. The fourth-order valence-corrected chi connectivity index (χ4v) is 7.06. The van der Waals surface area contributed by atoms with Crippen LogP contribution in [0.4, 0.5) is 11.6 Å². The summed E-state index contributed by atoms with van der Waals surface area (Å²) in [5.74, 6) is 0.480. The monoisotopic (exact) mass is 584 g/mol. The summed E-state index contributed by atoms with van der Waals surface area (Å²) in [6.07, 6.45) is 1.03. The van der Waals surface area contributed by atoms with Crippen LogP contribution in [0.3, 0.4) is 0 Å². The van der Waals surface area contributed by atoms with Gasteiger partial charge in [-0.15, -0.1) is 0 Å². The molecule has 0 spiro atoms. The molecule has 0 saturated carbocycles. The van der Waals surface area contributed by atoms with Crippen molar-refractivity contribution in [1.82, 2.24) is 19.4 Å². The summed E-state index contributed by atoms with van der Waals surface area (Å²) in [5.41, 5.74) is 2.88. The smallest absolute Gasteiger partial charge is 0.264 e. The molecule has 2 aromatic heterocycles. The van der Waals surface area contributed by atoms with Gasteiger partial charge in [-0.05, 0) is 62.6 Å². The van der Waals surface area contributed by atoms with E-state index in [-0.39, 0.29) is 34.0 Å². The third kappa shape index (κ3) is 6.31. The van der Waals surface area contributed by atoms with Crippen molar-refractivity contribution < 1.29 is 13.2 Å². The number of nitrogens with zero attached hydrogens (tertiary/aromatic N) is 4. The van der Waals surface area contributed by atoms with Crippen LogP contribution in [-0.4, -0.2) is 56.9 Å². The average molecular weight is 585 g/mol. The van der Waals surface area contributed by atoms with Gasteiger partial charge in [0.25, 0.3) is 15.6 Å². The summed E-state index contributed by atoms with van der Waals surface area (Å²) in [7, 11) is -3.89. The van der Waals surface area contributed by atoms with Gasteiger partial charge >= 0.3 is 0 Å². The van der Waals surface area contributed by atoms with Gasteiger partial charge in [0.2, 0.25) is 11.9 Å². The van der Waals surface area contributed by atoms with Gasteiger partial charge in [0.05, 0.1) is 10.6 Å². The maximum absolute atomic E-state index is 12.7. The first-order chi connectivity index (χ1) is 18.6. The molecule has 2 atom stereocenters. The van der Waals surface area contributed by atoms with E-state index in [0.29, 0.717) is 33.9 Å². The second kappa shape index (κ2) is 11.1. The Morgan fingerprint density at radius 3 is 2.51 bits per heavy atom. The SMILES string of the molecule is Cc1cc(C)nc(NS(=O)(=O)c2ccc(NC(=O)CSC(=S)N3C[C@H]4C[C@H](C3)c3cccc(=O)n3C4)cc2)n1. The number of hydrogen-bond donors (Lipinski definition) is 2. The Hall–Kier alpha value is -3.29. The molecule has 2 bridgehead atoms. The Morgan fingerprint density at radius 2 is 1.79 bits per heavy atom. The van der Waals surface area contributed by atoms with Gasteiger partial charge < -0.3 is 14.8 Å². The lowest BCUT2D eigenvalue weighted by Gasteiger charge is -2.43. The van der Waals surface area contributed by atoms with E-state index in [1.165, 1.54) is 36.0 Å². The van der Waals surface area contributed by atoms with Gasteiger partial charge in [0.1, 0.15) is 4.32 Å². The number of hydrogen-bond acceptors (Lipinski definition) is 8. The summed E-state index contributed by atoms with van der Waals surface area (Å²) in [4.78, 5) is 35.2. The number of sulfonamides is 1. The number of likely N-dealkylation sites (tertiary alicyclic amines) is 1. The topological polar surface area (TPSA) is 126 Å². The number of anilines is 2.